The number of ether oxygens (including phenoxy) is 1. The van der Waals surface area contributed by atoms with Crippen LogP contribution in [0.3, 0.4) is 0 Å². The van der Waals surface area contributed by atoms with Crippen LogP contribution in [0.25, 0.3) is 0 Å². The van der Waals surface area contributed by atoms with E-state index in [1.54, 1.807) is 17.0 Å². The van der Waals surface area contributed by atoms with Crippen LogP contribution in [0.4, 0.5) is 9.18 Å². The highest BCUT2D eigenvalue weighted by molar-refractivity contribution is 5.75. The molecule has 1 fully saturated rings. The van der Waals surface area contributed by atoms with Gasteiger partial charge in [0, 0.05) is 6.54 Å². The van der Waals surface area contributed by atoms with Gasteiger partial charge in [0.1, 0.15) is 18.2 Å². The molecule has 2 amide bonds. The molecule has 2 rings (SSSR count). The Labute approximate surface area is 130 Å². The van der Waals surface area contributed by atoms with Crippen molar-refractivity contribution in [1.29, 1.82) is 0 Å². The van der Waals surface area contributed by atoms with Crippen LogP contribution in [0.5, 0.6) is 5.75 Å². The molecule has 0 bridgehead atoms. The van der Waals surface area contributed by atoms with Crippen LogP contribution in [0.1, 0.15) is 20.3 Å². The summed E-state index contributed by atoms with van der Waals surface area (Å²) in [7, 11) is 0. The monoisotopic (exact) mass is 310 g/mol. The number of amides is 2. The summed E-state index contributed by atoms with van der Waals surface area (Å²) in [6.07, 6.45) is 0.902. The molecule has 1 heterocycles. The highest BCUT2D eigenvalue weighted by Crippen LogP contribution is 2.23. The third-order valence-electron chi connectivity index (χ3n) is 4.01. The molecular formula is C16H23FN2O3. The first kappa shape index (κ1) is 16.5. The second kappa shape index (κ2) is 7.45. The molecule has 0 radical (unpaired) electrons. The number of halogens is 1. The van der Waals surface area contributed by atoms with Gasteiger partial charge >= 0.3 is 6.03 Å². The minimum Gasteiger partial charge on any atom is -0.491 e. The highest BCUT2D eigenvalue weighted by Gasteiger charge is 2.34. The molecule has 1 aliphatic heterocycles. The van der Waals surface area contributed by atoms with Gasteiger partial charge in [0.15, 0.2) is 0 Å². The van der Waals surface area contributed by atoms with Crippen molar-refractivity contribution in [3.05, 3.63) is 30.1 Å². The Balaban J connectivity index is 1.80. The van der Waals surface area contributed by atoms with Gasteiger partial charge in [0.25, 0.3) is 0 Å². The Morgan fingerprint density at radius 1 is 1.50 bits per heavy atom. The molecule has 0 spiro atoms. The molecular weight excluding hydrogens is 287 g/mol. The zero-order valence-electron chi connectivity index (χ0n) is 13.0. The molecule has 6 heteroatoms. The lowest BCUT2D eigenvalue weighted by Gasteiger charge is -2.27. The predicted molar refractivity (Wildman–Crippen MR) is 81.2 cm³/mol. The zero-order chi connectivity index (χ0) is 16.1. The third kappa shape index (κ3) is 4.10. The number of nitrogens with one attached hydrogen (secondary N) is 1. The summed E-state index contributed by atoms with van der Waals surface area (Å²) in [4.78, 5) is 13.9. The lowest BCUT2D eigenvalue weighted by atomic mass is 10.0. The Morgan fingerprint density at radius 2 is 2.18 bits per heavy atom. The number of nitrogens with zero attached hydrogens (tertiary/aromatic N) is 1. The van der Waals surface area contributed by atoms with Gasteiger partial charge in [0.2, 0.25) is 0 Å². The molecule has 2 N–H and O–H groups in total. The third-order valence-corrected chi connectivity index (χ3v) is 4.01. The lowest BCUT2D eigenvalue weighted by Crippen LogP contribution is -2.49. The fourth-order valence-electron chi connectivity index (χ4n) is 2.63. The van der Waals surface area contributed by atoms with Crippen LogP contribution in [0.15, 0.2) is 24.3 Å². The van der Waals surface area contributed by atoms with Crippen LogP contribution >= 0.6 is 0 Å². The van der Waals surface area contributed by atoms with E-state index < -0.39 is 0 Å². The van der Waals surface area contributed by atoms with Crippen molar-refractivity contribution in [2.24, 2.45) is 5.92 Å². The quantitative estimate of drug-likeness (QED) is 0.874. The molecule has 0 aliphatic carbocycles. The van der Waals surface area contributed by atoms with Gasteiger partial charge in [-0.15, -0.1) is 0 Å². The fourth-order valence-corrected chi connectivity index (χ4v) is 2.63. The number of hydrogen-bond acceptors (Lipinski definition) is 3. The minimum absolute atomic E-state index is 0.0188. The molecule has 0 saturated carbocycles. The number of hydrogen-bond donors (Lipinski definition) is 2. The summed E-state index contributed by atoms with van der Waals surface area (Å²) < 4.78 is 18.3. The topological polar surface area (TPSA) is 61.8 Å². The van der Waals surface area contributed by atoms with Gasteiger partial charge in [-0.25, -0.2) is 9.18 Å². The van der Waals surface area contributed by atoms with Crippen LogP contribution in [0.2, 0.25) is 0 Å². The first-order valence-corrected chi connectivity index (χ1v) is 7.57. The SMILES string of the molecule is CC(COc1ccc(F)cc1)NC(=O)N1CCC(C)C1CO. The van der Waals surface area contributed by atoms with E-state index in [9.17, 15) is 14.3 Å². The molecule has 1 aliphatic rings. The van der Waals surface area contributed by atoms with E-state index in [0.29, 0.717) is 24.8 Å². The summed E-state index contributed by atoms with van der Waals surface area (Å²) in [5, 5.41) is 12.3. The number of aliphatic hydroxyl groups excluding tert-OH is 1. The van der Waals surface area contributed by atoms with Crippen molar-refractivity contribution in [2.45, 2.75) is 32.4 Å². The van der Waals surface area contributed by atoms with Crippen LogP contribution in [-0.4, -0.2) is 47.9 Å². The van der Waals surface area contributed by atoms with Crippen molar-refractivity contribution in [3.8, 4) is 5.75 Å². The number of carbonyl (C=O) groups excluding carboxylic acids is 1. The van der Waals surface area contributed by atoms with E-state index in [1.165, 1.54) is 12.1 Å². The summed E-state index contributed by atoms with van der Waals surface area (Å²) >= 11 is 0. The Bertz CT molecular complexity index is 495. The van der Waals surface area contributed by atoms with Crippen molar-refractivity contribution >= 4 is 6.03 Å². The molecule has 1 aromatic carbocycles. The van der Waals surface area contributed by atoms with Crippen molar-refractivity contribution < 1.29 is 19.0 Å². The van der Waals surface area contributed by atoms with E-state index in [0.717, 1.165) is 6.42 Å². The van der Waals surface area contributed by atoms with E-state index in [1.807, 2.05) is 13.8 Å². The smallest absolute Gasteiger partial charge is 0.318 e. The number of likely N-dealkylation sites (tertiary alicyclic amines) is 1. The zero-order valence-corrected chi connectivity index (χ0v) is 13.0. The van der Waals surface area contributed by atoms with Crippen LogP contribution in [0, 0.1) is 11.7 Å². The van der Waals surface area contributed by atoms with Gasteiger partial charge in [-0.1, -0.05) is 6.92 Å². The number of rotatable bonds is 5. The van der Waals surface area contributed by atoms with Gasteiger partial charge < -0.3 is 20.1 Å². The summed E-state index contributed by atoms with van der Waals surface area (Å²) in [6.45, 7) is 4.81. The first-order valence-electron chi connectivity index (χ1n) is 7.57. The maximum Gasteiger partial charge on any atom is 0.318 e. The molecule has 5 nitrogen and oxygen atoms in total. The molecule has 3 unspecified atom stereocenters. The largest absolute Gasteiger partial charge is 0.491 e. The number of aliphatic hydroxyl groups is 1. The minimum atomic E-state index is -0.313. The van der Waals surface area contributed by atoms with Gasteiger partial charge in [-0.3, -0.25) is 0 Å². The first-order chi connectivity index (χ1) is 10.5. The van der Waals surface area contributed by atoms with E-state index >= 15 is 0 Å². The van der Waals surface area contributed by atoms with Crippen molar-refractivity contribution in [3.63, 3.8) is 0 Å². The molecule has 3 atom stereocenters. The molecule has 1 saturated heterocycles. The fraction of sp³-hybridized carbons (Fsp3) is 0.562. The number of benzene rings is 1. The highest BCUT2D eigenvalue weighted by atomic mass is 19.1. The second-order valence-electron chi connectivity index (χ2n) is 5.82. The average Bonchev–Trinajstić information content (AvgIpc) is 2.87. The predicted octanol–water partition coefficient (Wildman–Crippen LogP) is 2.01. The number of urea groups is 1. The van der Waals surface area contributed by atoms with Crippen molar-refractivity contribution in [2.75, 3.05) is 19.8 Å². The van der Waals surface area contributed by atoms with Gasteiger partial charge in [-0.2, -0.15) is 0 Å². The maximum atomic E-state index is 12.8. The van der Waals surface area contributed by atoms with E-state index in [2.05, 4.69) is 5.32 Å². The molecule has 22 heavy (non-hydrogen) atoms. The van der Waals surface area contributed by atoms with Gasteiger partial charge in [-0.05, 0) is 43.5 Å². The van der Waals surface area contributed by atoms with Gasteiger partial charge in [0.05, 0.1) is 18.7 Å². The summed E-state index contributed by atoms with van der Waals surface area (Å²) in [5.74, 6) is 0.555. The Morgan fingerprint density at radius 3 is 2.82 bits per heavy atom. The van der Waals surface area contributed by atoms with E-state index in [-0.39, 0.29) is 30.5 Å². The standard InChI is InChI=1S/C16H23FN2O3/c1-11-7-8-19(15(11)9-20)16(21)18-12(2)10-22-14-5-3-13(17)4-6-14/h3-6,11-12,15,20H,7-10H2,1-2H3,(H,18,21). The molecule has 122 valence electrons. The molecule has 0 aromatic heterocycles. The molecule has 1 aromatic rings. The average molecular weight is 310 g/mol. The van der Waals surface area contributed by atoms with E-state index in [4.69, 9.17) is 4.74 Å². The Hall–Kier alpha value is -1.82. The normalized spacial score (nSPS) is 22.5. The second-order valence-corrected chi connectivity index (χ2v) is 5.82. The van der Waals surface area contributed by atoms with Crippen LogP contribution in [-0.2, 0) is 0 Å². The Kier molecular flexibility index (Phi) is 5.60. The lowest BCUT2D eigenvalue weighted by molar-refractivity contribution is 0.139. The maximum absolute atomic E-state index is 12.8. The summed E-state index contributed by atoms with van der Waals surface area (Å²) in [5.41, 5.74) is 0. The van der Waals surface area contributed by atoms with Crippen molar-refractivity contribution in [1.82, 2.24) is 10.2 Å². The van der Waals surface area contributed by atoms with Crippen LogP contribution < -0.4 is 10.1 Å². The number of carbonyl (C=O) groups is 1. The summed E-state index contributed by atoms with van der Waals surface area (Å²) in [6, 6.07) is 5.27.